The summed E-state index contributed by atoms with van der Waals surface area (Å²) in [6, 6.07) is 10.0. The standard InChI is InChI=1S/C20H24N4O/c1-16-4-2-5-17(22-16)15-23-11-7-20(8-12-23)9-13-24(19(20)25)18-6-3-10-21-14-18/h2-6,10,14H,7-9,11-13,15H2,1H3. The number of carbonyl (C=O) groups excluding carboxylic acids is 1. The first-order valence-electron chi connectivity index (χ1n) is 9.03. The third-order valence-electron chi connectivity index (χ3n) is 5.62. The predicted molar refractivity (Wildman–Crippen MR) is 97.1 cm³/mol. The van der Waals surface area contributed by atoms with Crippen molar-refractivity contribution in [1.29, 1.82) is 0 Å². The topological polar surface area (TPSA) is 49.3 Å². The normalized spacial score (nSPS) is 20.4. The van der Waals surface area contributed by atoms with Gasteiger partial charge in [-0.25, -0.2) is 0 Å². The predicted octanol–water partition coefficient (Wildman–Crippen LogP) is 2.80. The van der Waals surface area contributed by atoms with Gasteiger partial charge in [-0.2, -0.15) is 0 Å². The Hall–Kier alpha value is -2.27. The molecule has 2 aliphatic rings. The van der Waals surface area contributed by atoms with Crippen molar-refractivity contribution in [3.8, 4) is 0 Å². The van der Waals surface area contributed by atoms with E-state index in [0.29, 0.717) is 0 Å². The van der Waals surface area contributed by atoms with Crippen molar-refractivity contribution >= 4 is 11.6 Å². The minimum absolute atomic E-state index is 0.174. The molecule has 5 nitrogen and oxygen atoms in total. The smallest absolute Gasteiger partial charge is 0.233 e. The summed E-state index contributed by atoms with van der Waals surface area (Å²) < 4.78 is 0. The molecule has 0 atom stereocenters. The molecule has 1 amide bonds. The zero-order valence-electron chi connectivity index (χ0n) is 14.7. The van der Waals surface area contributed by atoms with Gasteiger partial charge < -0.3 is 4.90 Å². The van der Waals surface area contributed by atoms with E-state index in [1.165, 1.54) is 0 Å². The lowest BCUT2D eigenvalue weighted by Gasteiger charge is -2.37. The molecule has 0 saturated carbocycles. The number of pyridine rings is 2. The number of aryl methyl sites for hydroxylation is 1. The largest absolute Gasteiger partial charge is 0.310 e. The molecule has 2 aliphatic heterocycles. The lowest BCUT2D eigenvalue weighted by molar-refractivity contribution is -0.128. The highest BCUT2D eigenvalue weighted by Crippen LogP contribution is 2.43. The van der Waals surface area contributed by atoms with Crippen molar-refractivity contribution in [2.24, 2.45) is 5.41 Å². The van der Waals surface area contributed by atoms with Crippen molar-refractivity contribution in [2.45, 2.75) is 32.7 Å². The molecule has 0 N–H and O–H groups in total. The molecule has 2 fully saturated rings. The van der Waals surface area contributed by atoms with E-state index in [2.05, 4.69) is 27.0 Å². The summed E-state index contributed by atoms with van der Waals surface area (Å²) >= 11 is 0. The van der Waals surface area contributed by atoms with Crippen LogP contribution in [0.4, 0.5) is 5.69 Å². The molecule has 130 valence electrons. The molecule has 25 heavy (non-hydrogen) atoms. The number of hydrogen-bond acceptors (Lipinski definition) is 4. The minimum Gasteiger partial charge on any atom is -0.310 e. The summed E-state index contributed by atoms with van der Waals surface area (Å²) in [7, 11) is 0. The molecule has 0 radical (unpaired) electrons. The van der Waals surface area contributed by atoms with Gasteiger partial charge in [-0.3, -0.25) is 19.7 Å². The van der Waals surface area contributed by atoms with E-state index in [0.717, 1.165) is 62.5 Å². The van der Waals surface area contributed by atoms with Gasteiger partial charge in [0.15, 0.2) is 0 Å². The van der Waals surface area contributed by atoms with Crippen LogP contribution < -0.4 is 4.90 Å². The molecule has 0 unspecified atom stereocenters. The van der Waals surface area contributed by atoms with E-state index >= 15 is 0 Å². The van der Waals surface area contributed by atoms with Crippen molar-refractivity contribution in [3.05, 3.63) is 54.1 Å². The third kappa shape index (κ3) is 3.16. The maximum atomic E-state index is 13.1. The zero-order valence-corrected chi connectivity index (χ0v) is 14.7. The first-order chi connectivity index (χ1) is 12.2. The summed E-state index contributed by atoms with van der Waals surface area (Å²) in [5.41, 5.74) is 2.93. The van der Waals surface area contributed by atoms with Crippen LogP contribution >= 0.6 is 0 Å². The molecule has 5 heteroatoms. The molecule has 1 spiro atoms. The van der Waals surface area contributed by atoms with E-state index in [1.807, 2.05) is 30.0 Å². The highest BCUT2D eigenvalue weighted by molar-refractivity contribution is 5.99. The summed E-state index contributed by atoms with van der Waals surface area (Å²) in [4.78, 5) is 26.2. The number of rotatable bonds is 3. The lowest BCUT2D eigenvalue weighted by atomic mass is 9.77. The van der Waals surface area contributed by atoms with Crippen LogP contribution in [-0.2, 0) is 11.3 Å². The van der Waals surface area contributed by atoms with E-state index in [4.69, 9.17) is 0 Å². The number of carbonyl (C=O) groups is 1. The summed E-state index contributed by atoms with van der Waals surface area (Å²) in [6.07, 6.45) is 6.37. The quantitative estimate of drug-likeness (QED) is 0.865. The van der Waals surface area contributed by atoms with Crippen LogP contribution in [0.5, 0.6) is 0 Å². The van der Waals surface area contributed by atoms with Gasteiger partial charge in [0.2, 0.25) is 5.91 Å². The fourth-order valence-corrected chi connectivity index (χ4v) is 4.10. The molecule has 4 heterocycles. The highest BCUT2D eigenvalue weighted by Gasteiger charge is 2.48. The van der Waals surface area contributed by atoms with Crippen LogP contribution in [0.15, 0.2) is 42.7 Å². The van der Waals surface area contributed by atoms with Gasteiger partial charge in [0.05, 0.1) is 23.0 Å². The van der Waals surface area contributed by atoms with Gasteiger partial charge in [-0.05, 0) is 63.5 Å². The van der Waals surface area contributed by atoms with E-state index in [1.54, 1.807) is 12.4 Å². The Labute approximate surface area is 148 Å². The van der Waals surface area contributed by atoms with Crippen LogP contribution in [0.2, 0.25) is 0 Å². The van der Waals surface area contributed by atoms with E-state index in [9.17, 15) is 4.79 Å². The van der Waals surface area contributed by atoms with E-state index < -0.39 is 0 Å². The highest BCUT2D eigenvalue weighted by atomic mass is 16.2. The molecule has 0 aliphatic carbocycles. The fraction of sp³-hybridized carbons (Fsp3) is 0.450. The van der Waals surface area contributed by atoms with Crippen LogP contribution in [0.25, 0.3) is 0 Å². The minimum atomic E-state index is -0.174. The Bertz CT molecular complexity index is 753. The molecular weight excluding hydrogens is 312 g/mol. The molecular formula is C20H24N4O. The Morgan fingerprint density at radius 2 is 1.88 bits per heavy atom. The third-order valence-corrected chi connectivity index (χ3v) is 5.62. The van der Waals surface area contributed by atoms with Crippen LogP contribution in [-0.4, -0.2) is 40.4 Å². The van der Waals surface area contributed by atoms with Gasteiger partial charge in [-0.1, -0.05) is 6.07 Å². The monoisotopic (exact) mass is 336 g/mol. The number of nitrogens with zero attached hydrogens (tertiary/aromatic N) is 4. The summed E-state index contributed by atoms with van der Waals surface area (Å²) in [6.45, 7) is 5.63. The summed E-state index contributed by atoms with van der Waals surface area (Å²) in [5, 5.41) is 0. The number of amides is 1. The maximum Gasteiger partial charge on any atom is 0.233 e. The molecule has 4 rings (SSSR count). The van der Waals surface area contributed by atoms with Gasteiger partial charge in [0, 0.05) is 25.0 Å². The number of aromatic nitrogens is 2. The number of anilines is 1. The maximum absolute atomic E-state index is 13.1. The first kappa shape index (κ1) is 16.2. The van der Waals surface area contributed by atoms with Crippen LogP contribution in [0, 0.1) is 12.3 Å². The van der Waals surface area contributed by atoms with Gasteiger partial charge in [-0.15, -0.1) is 0 Å². The van der Waals surface area contributed by atoms with Gasteiger partial charge in [0.25, 0.3) is 0 Å². The van der Waals surface area contributed by atoms with Crippen molar-refractivity contribution in [2.75, 3.05) is 24.5 Å². The zero-order chi connectivity index (χ0) is 17.3. The Morgan fingerprint density at radius 1 is 1.08 bits per heavy atom. The van der Waals surface area contributed by atoms with E-state index in [-0.39, 0.29) is 11.3 Å². The average Bonchev–Trinajstić information content (AvgIpc) is 2.94. The number of likely N-dealkylation sites (tertiary alicyclic amines) is 1. The molecule has 2 saturated heterocycles. The second kappa shape index (κ2) is 6.56. The number of hydrogen-bond donors (Lipinski definition) is 0. The molecule has 0 aromatic carbocycles. The Kier molecular flexibility index (Phi) is 4.25. The van der Waals surface area contributed by atoms with Gasteiger partial charge in [0.1, 0.15) is 0 Å². The fourth-order valence-electron chi connectivity index (χ4n) is 4.10. The molecule has 2 aromatic heterocycles. The molecule has 2 aromatic rings. The number of piperidine rings is 1. The Balaban J connectivity index is 1.40. The average molecular weight is 336 g/mol. The Morgan fingerprint density at radius 3 is 2.60 bits per heavy atom. The summed E-state index contributed by atoms with van der Waals surface area (Å²) in [5.74, 6) is 0.286. The van der Waals surface area contributed by atoms with Crippen LogP contribution in [0.3, 0.4) is 0 Å². The SMILES string of the molecule is Cc1cccc(CN2CCC3(CC2)CCN(c2cccnc2)C3=O)n1. The molecule has 0 bridgehead atoms. The van der Waals surface area contributed by atoms with Crippen molar-refractivity contribution < 1.29 is 4.79 Å². The van der Waals surface area contributed by atoms with Crippen molar-refractivity contribution in [3.63, 3.8) is 0 Å². The second-order valence-corrected chi connectivity index (χ2v) is 7.24. The van der Waals surface area contributed by atoms with Crippen molar-refractivity contribution in [1.82, 2.24) is 14.9 Å². The second-order valence-electron chi connectivity index (χ2n) is 7.24. The lowest BCUT2D eigenvalue weighted by Crippen LogP contribution is -2.44. The first-order valence-corrected chi connectivity index (χ1v) is 9.03. The van der Waals surface area contributed by atoms with Crippen LogP contribution in [0.1, 0.15) is 30.7 Å². The van der Waals surface area contributed by atoms with Gasteiger partial charge >= 0.3 is 0 Å².